The number of anilines is 1. The smallest absolute Gasteiger partial charge is 0.416 e. The van der Waals surface area contributed by atoms with Gasteiger partial charge in [-0.15, -0.1) is 0 Å². The third-order valence-corrected chi connectivity index (χ3v) is 4.39. The van der Waals surface area contributed by atoms with Crippen LogP contribution in [0.15, 0.2) is 36.5 Å². The van der Waals surface area contributed by atoms with Crippen LogP contribution in [0, 0.1) is 0 Å². The Hall–Kier alpha value is -2.35. The number of hydrogen-bond donors (Lipinski definition) is 1. The lowest BCUT2D eigenvalue weighted by molar-refractivity contribution is -0.137. The molecule has 0 saturated heterocycles. The van der Waals surface area contributed by atoms with Gasteiger partial charge in [0.25, 0.3) is 0 Å². The Morgan fingerprint density at radius 2 is 2.08 bits per heavy atom. The molecule has 2 aromatic heterocycles. The van der Waals surface area contributed by atoms with E-state index >= 15 is 0 Å². The lowest BCUT2D eigenvalue weighted by Crippen LogP contribution is -2.08. The number of nitrogens with one attached hydrogen (secondary N) is 1. The Kier molecular flexibility index (Phi) is 5.08. The predicted octanol–water partition coefficient (Wildman–Crippen LogP) is 5.11. The third kappa shape index (κ3) is 4.19. The summed E-state index contributed by atoms with van der Waals surface area (Å²) in [4.78, 5) is 9.43. The maximum absolute atomic E-state index is 13.0. The number of nitrogens with zero attached hydrogens (tertiary/aromatic N) is 2. The van der Waals surface area contributed by atoms with E-state index in [1.165, 1.54) is 17.4 Å². The number of pyridine rings is 1. The molecule has 1 N–H and O–H groups in total. The van der Waals surface area contributed by atoms with Gasteiger partial charge in [0, 0.05) is 6.20 Å². The van der Waals surface area contributed by atoms with E-state index in [4.69, 9.17) is 4.74 Å². The highest BCUT2D eigenvalue weighted by Crippen LogP contribution is 2.35. The van der Waals surface area contributed by atoms with Gasteiger partial charge < -0.3 is 10.1 Å². The normalized spacial score (nSPS) is 11.7. The fourth-order valence-electron chi connectivity index (χ4n) is 2.24. The van der Waals surface area contributed by atoms with Crippen molar-refractivity contribution in [3.05, 3.63) is 47.1 Å². The van der Waals surface area contributed by atoms with Crippen LogP contribution in [0.5, 0.6) is 5.75 Å². The van der Waals surface area contributed by atoms with Crippen LogP contribution in [0.3, 0.4) is 0 Å². The van der Waals surface area contributed by atoms with E-state index in [1.54, 1.807) is 12.3 Å². The third-order valence-electron chi connectivity index (χ3n) is 3.41. The van der Waals surface area contributed by atoms with Crippen LogP contribution in [0.25, 0.3) is 10.3 Å². The van der Waals surface area contributed by atoms with E-state index in [-0.39, 0.29) is 0 Å². The van der Waals surface area contributed by atoms with Gasteiger partial charge in [-0.2, -0.15) is 13.2 Å². The molecule has 0 radical (unpaired) electrons. The van der Waals surface area contributed by atoms with Crippen LogP contribution in [0.4, 0.5) is 18.9 Å². The van der Waals surface area contributed by atoms with E-state index in [1.807, 2.05) is 13.0 Å². The quantitative estimate of drug-likeness (QED) is 0.658. The first kappa shape index (κ1) is 17.5. The van der Waals surface area contributed by atoms with Crippen molar-refractivity contribution in [2.75, 3.05) is 11.9 Å². The first-order valence-electron chi connectivity index (χ1n) is 7.75. The Labute approximate surface area is 146 Å². The summed E-state index contributed by atoms with van der Waals surface area (Å²) in [7, 11) is 0. The average Bonchev–Trinajstić information content (AvgIpc) is 3.00. The zero-order chi connectivity index (χ0) is 17.9. The van der Waals surface area contributed by atoms with Crippen LogP contribution < -0.4 is 10.1 Å². The van der Waals surface area contributed by atoms with E-state index in [0.29, 0.717) is 24.6 Å². The second-order valence-electron chi connectivity index (χ2n) is 5.35. The van der Waals surface area contributed by atoms with Crippen molar-refractivity contribution in [1.29, 1.82) is 0 Å². The maximum Gasteiger partial charge on any atom is 0.416 e. The van der Waals surface area contributed by atoms with Gasteiger partial charge in [0.2, 0.25) is 0 Å². The molecule has 8 heteroatoms. The highest BCUT2D eigenvalue weighted by molar-refractivity contribution is 7.18. The molecule has 0 amide bonds. The fourth-order valence-corrected chi connectivity index (χ4v) is 3.09. The van der Waals surface area contributed by atoms with Gasteiger partial charge in [-0.3, -0.25) is 0 Å². The summed E-state index contributed by atoms with van der Waals surface area (Å²) in [5, 5.41) is 3.75. The van der Waals surface area contributed by atoms with E-state index in [0.717, 1.165) is 33.9 Å². The number of halogens is 3. The summed E-state index contributed by atoms with van der Waals surface area (Å²) < 4.78 is 44.4. The van der Waals surface area contributed by atoms with E-state index in [9.17, 15) is 13.2 Å². The van der Waals surface area contributed by atoms with E-state index < -0.39 is 11.7 Å². The van der Waals surface area contributed by atoms with Gasteiger partial charge in [-0.25, -0.2) is 9.97 Å². The van der Waals surface area contributed by atoms with Crippen molar-refractivity contribution >= 4 is 27.4 Å². The molecule has 0 aliphatic heterocycles. The number of thiazole rings is 1. The minimum atomic E-state index is -4.40. The molecule has 4 nitrogen and oxygen atoms in total. The number of benzene rings is 1. The Balaban J connectivity index is 1.83. The Bertz CT molecular complexity index is 831. The van der Waals surface area contributed by atoms with Crippen molar-refractivity contribution in [2.45, 2.75) is 26.1 Å². The molecule has 25 heavy (non-hydrogen) atoms. The second-order valence-corrected chi connectivity index (χ2v) is 6.41. The fraction of sp³-hybridized carbons (Fsp3) is 0.294. The topological polar surface area (TPSA) is 47.0 Å². The van der Waals surface area contributed by atoms with Gasteiger partial charge in [0.15, 0.2) is 0 Å². The van der Waals surface area contributed by atoms with Crippen molar-refractivity contribution in [2.24, 2.45) is 0 Å². The highest BCUT2D eigenvalue weighted by Gasteiger charge is 2.31. The molecule has 3 rings (SSSR count). The summed E-state index contributed by atoms with van der Waals surface area (Å²) in [5.74, 6) is 0.397. The standard InChI is InChI=1S/C17H16F3N3OS/c1-2-8-24-14-6-5-11(17(18,19)20)9-13(14)22-10-15-23-12-4-3-7-21-16(12)25-15/h3-7,9,22H,2,8,10H2,1H3. The molecular weight excluding hydrogens is 351 g/mol. The average molecular weight is 367 g/mol. The van der Waals surface area contributed by atoms with Crippen molar-refractivity contribution in [3.63, 3.8) is 0 Å². The number of aromatic nitrogens is 2. The van der Waals surface area contributed by atoms with Crippen molar-refractivity contribution < 1.29 is 17.9 Å². The number of fused-ring (bicyclic) bond motifs is 1. The summed E-state index contributed by atoms with van der Waals surface area (Å²) >= 11 is 1.40. The molecule has 3 aromatic rings. The lowest BCUT2D eigenvalue weighted by atomic mass is 10.1. The van der Waals surface area contributed by atoms with Crippen LogP contribution in [0.1, 0.15) is 23.9 Å². The number of hydrogen-bond acceptors (Lipinski definition) is 5. The molecule has 1 aromatic carbocycles. The second kappa shape index (κ2) is 7.26. The SMILES string of the molecule is CCCOc1ccc(C(F)(F)F)cc1NCc1nc2cccnc2s1. The molecular formula is C17H16F3N3OS. The van der Waals surface area contributed by atoms with Crippen LogP contribution in [0.2, 0.25) is 0 Å². The predicted molar refractivity (Wildman–Crippen MR) is 92.0 cm³/mol. The Morgan fingerprint density at radius 3 is 2.80 bits per heavy atom. The van der Waals surface area contributed by atoms with Crippen LogP contribution in [-0.4, -0.2) is 16.6 Å². The maximum atomic E-state index is 13.0. The molecule has 2 heterocycles. The monoisotopic (exact) mass is 367 g/mol. The first-order valence-corrected chi connectivity index (χ1v) is 8.57. The minimum absolute atomic E-state index is 0.296. The zero-order valence-corrected chi connectivity index (χ0v) is 14.2. The van der Waals surface area contributed by atoms with Crippen molar-refractivity contribution in [1.82, 2.24) is 9.97 Å². The molecule has 0 saturated carbocycles. The van der Waals surface area contributed by atoms with Gasteiger partial charge in [0.05, 0.1) is 24.4 Å². The van der Waals surface area contributed by atoms with Gasteiger partial charge >= 0.3 is 6.18 Å². The largest absolute Gasteiger partial charge is 0.491 e. The number of alkyl halides is 3. The molecule has 0 bridgehead atoms. The summed E-state index contributed by atoms with van der Waals surface area (Å²) in [6.07, 6.45) is -1.95. The molecule has 0 aliphatic rings. The van der Waals surface area contributed by atoms with Gasteiger partial charge in [-0.1, -0.05) is 18.3 Å². The summed E-state index contributed by atoms with van der Waals surface area (Å²) in [6, 6.07) is 7.08. The van der Waals surface area contributed by atoms with Crippen LogP contribution >= 0.6 is 11.3 Å². The highest BCUT2D eigenvalue weighted by atomic mass is 32.1. The summed E-state index contributed by atoms with van der Waals surface area (Å²) in [6.45, 7) is 2.67. The molecule has 0 aliphatic carbocycles. The lowest BCUT2D eigenvalue weighted by Gasteiger charge is -2.15. The molecule has 132 valence electrons. The van der Waals surface area contributed by atoms with Crippen molar-refractivity contribution in [3.8, 4) is 5.75 Å². The van der Waals surface area contributed by atoms with E-state index in [2.05, 4.69) is 15.3 Å². The molecule has 0 spiro atoms. The number of ether oxygens (including phenoxy) is 1. The number of rotatable bonds is 6. The minimum Gasteiger partial charge on any atom is -0.491 e. The Morgan fingerprint density at radius 1 is 1.24 bits per heavy atom. The molecule has 0 unspecified atom stereocenters. The zero-order valence-electron chi connectivity index (χ0n) is 13.4. The van der Waals surface area contributed by atoms with Crippen LogP contribution in [-0.2, 0) is 12.7 Å². The van der Waals surface area contributed by atoms with Gasteiger partial charge in [-0.05, 0) is 36.8 Å². The molecule has 0 fully saturated rings. The van der Waals surface area contributed by atoms with Gasteiger partial charge in [0.1, 0.15) is 21.1 Å². The molecule has 0 atom stereocenters. The summed E-state index contributed by atoms with van der Waals surface area (Å²) in [5.41, 5.74) is 0.358. The first-order chi connectivity index (χ1) is 12.0.